The highest BCUT2D eigenvalue weighted by atomic mass is 14.5. The minimum atomic E-state index is -0.379. The van der Waals surface area contributed by atoms with Crippen LogP contribution in [0.4, 0.5) is 0 Å². The first-order valence-electron chi connectivity index (χ1n) is 16.9. The predicted molar refractivity (Wildman–Crippen MR) is 203 cm³/mol. The van der Waals surface area contributed by atoms with Gasteiger partial charge in [0.1, 0.15) is 0 Å². The van der Waals surface area contributed by atoms with Gasteiger partial charge >= 0.3 is 0 Å². The summed E-state index contributed by atoms with van der Waals surface area (Å²) in [6.07, 6.45) is 4.26. The van der Waals surface area contributed by atoms with E-state index in [-0.39, 0.29) is 5.41 Å². The molecule has 0 saturated heterocycles. The van der Waals surface area contributed by atoms with Crippen LogP contribution in [0.1, 0.15) is 34.7 Å². The maximum absolute atomic E-state index is 2.55. The lowest BCUT2D eigenvalue weighted by Crippen LogP contribution is -2.25. The molecule has 48 heavy (non-hydrogen) atoms. The van der Waals surface area contributed by atoms with Gasteiger partial charge in [-0.25, -0.2) is 0 Å². The molecule has 0 aromatic heterocycles. The van der Waals surface area contributed by atoms with E-state index in [1.807, 2.05) is 0 Å². The number of benzene rings is 8. The summed E-state index contributed by atoms with van der Waals surface area (Å²) in [5, 5.41) is 5.11. The molecule has 0 unspecified atom stereocenters. The zero-order chi connectivity index (χ0) is 31.8. The molecule has 0 heteroatoms. The molecular weight excluding hydrogens is 577 g/mol. The Bertz CT molecular complexity index is 2560. The zero-order valence-electron chi connectivity index (χ0n) is 26.7. The van der Waals surface area contributed by atoms with Gasteiger partial charge in [-0.2, -0.15) is 0 Å². The van der Waals surface area contributed by atoms with Crippen molar-refractivity contribution in [2.45, 2.75) is 12.3 Å². The van der Waals surface area contributed by atoms with Crippen molar-refractivity contribution < 1.29 is 0 Å². The SMILES string of the molecule is C/C=C/c1ccc(-c2ccc(-c3cccc4ccccc34)c3cc4c(cc23)C2(c3ccccc3-c3ccccc32)c2ccccc2-4)cc1. The average Bonchev–Trinajstić information content (AvgIpc) is 3.61. The Kier molecular flexibility index (Phi) is 5.81. The summed E-state index contributed by atoms with van der Waals surface area (Å²) < 4.78 is 0. The van der Waals surface area contributed by atoms with Gasteiger partial charge in [-0.05, 0) is 113 Å². The van der Waals surface area contributed by atoms with Gasteiger partial charge in [0, 0.05) is 0 Å². The smallest absolute Gasteiger partial charge is 0.0725 e. The summed E-state index contributed by atoms with van der Waals surface area (Å²) in [6, 6.07) is 61.5. The fourth-order valence-corrected chi connectivity index (χ4v) is 8.84. The van der Waals surface area contributed by atoms with Crippen molar-refractivity contribution in [2.24, 2.45) is 0 Å². The molecule has 8 aromatic rings. The van der Waals surface area contributed by atoms with Gasteiger partial charge in [-0.1, -0.05) is 164 Å². The molecule has 0 bridgehead atoms. The van der Waals surface area contributed by atoms with Crippen LogP contribution in [-0.4, -0.2) is 0 Å². The summed E-state index contributed by atoms with van der Waals surface area (Å²) in [4.78, 5) is 0. The molecule has 0 amide bonds. The molecule has 0 N–H and O–H groups in total. The van der Waals surface area contributed by atoms with E-state index in [4.69, 9.17) is 0 Å². The second-order valence-corrected chi connectivity index (χ2v) is 13.1. The van der Waals surface area contributed by atoms with E-state index in [2.05, 4.69) is 183 Å². The maximum Gasteiger partial charge on any atom is 0.0725 e. The van der Waals surface area contributed by atoms with Crippen molar-refractivity contribution in [3.63, 3.8) is 0 Å². The van der Waals surface area contributed by atoms with Crippen LogP contribution in [0.15, 0.2) is 170 Å². The first-order chi connectivity index (χ1) is 23.8. The van der Waals surface area contributed by atoms with E-state index in [0.717, 1.165) is 0 Å². The molecule has 224 valence electrons. The van der Waals surface area contributed by atoms with Crippen molar-refractivity contribution in [3.05, 3.63) is 198 Å². The van der Waals surface area contributed by atoms with Gasteiger partial charge in [0.05, 0.1) is 5.41 Å². The molecule has 0 radical (unpaired) electrons. The molecular formula is C48H32. The lowest BCUT2D eigenvalue weighted by molar-refractivity contribution is 0.795. The van der Waals surface area contributed by atoms with Gasteiger partial charge < -0.3 is 0 Å². The van der Waals surface area contributed by atoms with Gasteiger partial charge in [-0.3, -0.25) is 0 Å². The molecule has 2 aliphatic carbocycles. The van der Waals surface area contributed by atoms with Crippen LogP contribution >= 0.6 is 0 Å². The van der Waals surface area contributed by atoms with E-state index in [1.165, 1.54) is 93.9 Å². The third-order valence-corrected chi connectivity index (χ3v) is 10.8. The molecule has 0 fully saturated rings. The second-order valence-electron chi connectivity index (χ2n) is 13.1. The van der Waals surface area contributed by atoms with E-state index in [0.29, 0.717) is 0 Å². The normalized spacial score (nSPS) is 13.6. The number of rotatable bonds is 3. The molecule has 2 aliphatic rings. The van der Waals surface area contributed by atoms with Crippen LogP contribution < -0.4 is 0 Å². The van der Waals surface area contributed by atoms with Gasteiger partial charge in [0.2, 0.25) is 0 Å². The van der Waals surface area contributed by atoms with E-state index >= 15 is 0 Å². The van der Waals surface area contributed by atoms with Gasteiger partial charge in [0.15, 0.2) is 0 Å². The lowest BCUT2D eigenvalue weighted by atomic mass is 9.70. The van der Waals surface area contributed by atoms with Crippen LogP contribution in [-0.2, 0) is 5.41 Å². The third-order valence-electron chi connectivity index (χ3n) is 10.8. The van der Waals surface area contributed by atoms with Crippen molar-refractivity contribution in [1.29, 1.82) is 0 Å². The summed E-state index contributed by atoms with van der Waals surface area (Å²) in [5.74, 6) is 0. The number of fused-ring (bicyclic) bond motifs is 12. The van der Waals surface area contributed by atoms with Gasteiger partial charge in [0.25, 0.3) is 0 Å². The third kappa shape index (κ3) is 3.60. The summed E-state index contributed by atoms with van der Waals surface area (Å²) in [7, 11) is 0. The first kappa shape index (κ1) is 27.2. The topological polar surface area (TPSA) is 0 Å². The molecule has 1 spiro atoms. The molecule has 0 atom stereocenters. The Morgan fingerprint density at radius 2 is 0.896 bits per heavy atom. The van der Waals surface area contributed by atoms with Crippen LogP contribution in [0.5, 0.6) is 0 Å². The zero-order valence-corrected chi connectivity index (χ0v) is 26.7. The van der Waals surface area contributed by atoms with Gasteiger partial charge in [-0.15, -0.1) is 0 Å². The van der Waals surface area contributed by atoms with E-state index in [9.17, 15) is 0 Å². The fraction of sp³-hybridized carbons (Fsp3) is 0.0417. The monoisotopic (exact) mass is 608 g/mol. The van der Waals surface area contributed by atoms with Crippen LogP contribution in [0.2, 0.25) is 0 Å². The summed E-state index contributed by atoms with van der Waals surface area (Å²) in [5.41, 5.74) is 16.7. The van der Waals surface area contributed by atoms with E-state index in [1.54, 1.807) is 0 Å². The highest BCUT2D eigenvalue weighted by Gasteiger charge is 2.51. The highest BCUT2D eigenvalue weighted by molar-refractivity contribution is 6.12. The lowest BCUT2D eigenvalue weighted by Gasteiger charge is -2.30. The molecule has 10 rings (SSSR count). The largest absolute Gasteiger partial charge is 0.0871 e. The average molecular weight is 609 g/mol. The summed E-state index contributed by atoms with van der Waals surface area (Å²) in [6.45, 7) is 2.07. The predicted octanol–water partition coefficient (Wildman–Crippen LogP) is 12.7. The Morgan fingerprint density at radius 1 is 0.375 bits per heavy atom. The molecule has 0 saturated carbocycles. The fourth-order valence-electron chi connectivity index (χ4n) is 8.84. The number of hydrogen-bond acceptors (Lipinski definition) is 0. The number of hydrogen-bond donors (Lipinski definition) is 0. The molecule has 8 aromatic carbocycles. The Balaban J connectivity index is 1.35. The van der Waals surface area contributed by atoms with Crippen LogP contribution in [0.3, 0.4) is 0 Å². The number of allylic oxidation sites excluding steroid dienone is 1. The Labute approximate surface area is 281 Å². The summed E-state index contributed by atoms with van der Waals surface area (Å²) >= 11 is 0. The van der Waals surface area contributed by atoms with Crippen LogP contribution in [0, 0.1) is 0 Å². The quantitative estimate of drug-likeness (QED) is 0.187. The van der Waals surface area contributed by atoms with Crippen molar-refractivity contribution in [3.8, 4) is 44.5 Å². The highest BCUT2D eigenvalue weighted by Crippen LogP contribution is 2.63. The minimum absolute atomic E-state index is 0.379. The van der Waals surface area contributed by atoms with Crippen molar-refractivity contribution in [1.82, 2.24) is 0 Å². The molecule has 0 nitrogen and oxygen atoms in total. The minimum Gasteiger partial charge on any atom is -0.0871 e. The van der Waals surface area contributed by atoms with Crippen LogP contribution in [0.25, 0.3) is 72.1 Å². The standard InChI is InChI=1S/C48H32/c1-2-12-31-23-25-33(26-24-31)35-27-28-37(36-19-11-14-32-13-3-4-15-34(32)36)41-29-43-40-18-7-10-22-46(40)48(47(43)30-42(35)41)44-20-8-5-16-38(44)39-17-6-9-21-45(39)48/h2-30H,1H3/b12-2+. The first-order valence-corrected chi connectivity index (χ1v) is 16.9. The second kappa shape index (κ2) is 10.3. The van der Waals surface area contributed by atoms with Crippen molar-refractivity contribution >= 4 is 27.6 Å². The Morgan fingerprint density at radius 3 is 1.58 bits per heavy atom. The van der Waals surface area contributed by atoms with E-state index < -0.39 is 0 Å². The molecule has 0 aliphatic heterocycles. The Hall–Kier alpha value is -5.98. The molecule has 0 heterocycles. The van der Waals surface area contributed by atoms with Crippen molar-refractivity contribution in [2.75, 3.05) is 0 Å². The maximum atomic E-state index is 2.55.